The molecule has 1 aliphatic rings. The van der Waals surface area contributed by atoms with Crippen molar-refractivity contribution in [2.24, 2.45) is 5.41 Å². The van der Waals surface area contributed by atoms with Gasteiger partial charge in [-0.15, -0.1) is 0 Å². The van der Waals surface area contributed by atoms with Crippen molar-refractivity contribution in [2.75, 3.05) is 19.6 Å². The van der Waals surface area contributed by atoms with E-state index in [0.717, 1.165) is 13.0 Å². The predicted octanol–water partition coefficient (Wildman–Crippen LogP) is 2.78. The van der Waals surface area contributed by atoms with Crippen LogP contribution in [0.1, 0.15) is 53.9 Å². The van der Waals surface area contributed by atoms with E-state index in [-0.39, 0.29) is 5.54 Å². The van der Waals surface area contributed by atoms with E-state index in [9.17, 15) is 5.26 Å². The lowest BCUT2D eigenvalue weighted by molar-refractivity contribution is 0.0885. The van der Waals surface area contributed by atoms with Crippen LogP contribution in [0.5, 0.6) is 0 Å². The maximum atomic E-state index is 9.32. The zero-order valence-electron chi connectivity index (χ0n) is 12.7. The van der Waals surface area contributed by atoms with Crippen LogP contribution >= 0.6 is 0 Å². The Kier molecular flexibility index (Phi) is 5.19. The molecule has 2 atom stereocenters. The summed E-state index contributed by atoms with van der Waals surface area (Å²) < 4.78 is 0. The Morgan fingerprint density at radius 2 is 1.94 bits per heavy atom. The molecule has 1 saturated heterocycles. The Bertz CT molecular complexity index is 295. The molecule has 18 heavy (non-hydrogen) atoms. The van der Waals surface area contributed by atoms with Crippen molar-refractivity contribution < 1.29 is 0 Å². The number of hydrogen-bond donors (Lipinski definition) is 1. The minimum atomic E-state index is -0.388. The molecule has 0 aromatic carbocycles. The van der Waals surface area contributed by atoms with E-state index in [1.54, 1.807) is 0 Å². The number of hydrogen-bond acceptors (Lipinski definition) is 3. The first kappa shape index (κ1) is 15.5. The lowest BCUT2D eigenvalue weighted by atomic mass is 9.81. The minimum Gasteiger partial charge on any atom is -0.301 e. The first-order chi connectivity index (χ1) is 8.32. The third-order valence-electron chi connectivity index (χ3n) is 4.29. The first-order valence-corrected chi connectivity index (χ1v) is 7.22. The summed E-state index contributed by atoms with van der Waals surface area (Å²) in [6.07, 6.45) is 3.43. The normalized spacial score (nSPS) is 25.1. The van der Waals surface area contributed by atoms with E-state index < -0.39 is 0 Å². The van der Waals surface area contributed by atoms with Gasteiger partial charge >= 0.3 is 0 Å². The highest BCUT2D eigenvalue weighted by molar-refractivity contribution is 5.05. The minimum absolute atomic E-state index is 0.388. The van der Waals surface area contributed by atoms with Crippen LogP contribution in [-0.2, 0) is 0 Å². The molecule has 0 aromatic heterocycles. The summed E-state index contributed by atoms with van der Waals surface area (Å²) >= 11 is 0. The first-order valence-electron chi connectivity index (χ1n) is 7.22. The molecule has 0 spiro atoms. The van der Waals surface area contributed by atoms with Gasteiger partial charge in [-0.05, 0) is 58.2 Å². The van der Waals surface area contributed by atoms with Gasteiger partial charge in [0, 0.05) is 6.04 Å². The van der Waals surface area contributed by atoms with Gasteiger partial charge in [-0.2, -0.15) is 5.26 Å². The fourth-order valence-electron chi connectivity index (χ4n) is 2.84. The Labute approximate surface area is 113 Å². The van der Waals surface area contributed by atoms with Crippen LogP contribution in [0.4, 0.5) is 0 Å². The molecule has 3 heteroatoms. The average Bonchev–Trinajstić information content (AvgIpc) is 2.29. The summed E-state index contributed by atoms with van der Waals surface area (Å²) in [5.74, 6) is 0. The van der Waals surface area contributed by atoms with E-state index in [2.05, 4.69) is 44.0 Å². The quantitative estimate of drug-likeness (QED) is 0.816. The van der Waals surface area contributed by atoms with Crippen LogP contribution in [0.25, 0.3) is 0 Å². The van der Waals surface area contributed by atoms with E-state index in [0.29, 0.717) is 11.5 Å². The van der Waals surface area contributed by atoms with Gasteiger partial charge in [0.15, 0.2) is 0 Å². The molecule has 1 rings (SSSR count). The van der Waals surface area contributed by atoms with Gasteiger partial charge < -0.3 is 4.90 Å². The van der Waals surface area contributed by atoms with Crippen LogP contribution in [0.15, 0.2) is 0 Å². The molecule has 2 unspecified atom stereocenters. The van der Waals surface area contributed by atoms with Crippen LogP contribution in [0, 0.1) is 16.7 Å². The average molecular weight is 251 g/mol. The number of rotatable bonds is 5. The monoisotopic (exact) mass is 251 g/mol. The van der Waals surface area contributed by atoms with Crippen LogP contribution < -0.4 is 5.32 Å². The zero-order valence-corrected chi connectivity index (χ0v) is 12.7. The summed E-state index contributed by atoms with van der Waals surface area (Å²) in [5, 5.41) is 12.6. The van der Waals surface area contributed by atoms with Gasteiger partial charge in [-0.1, -0.05) is 20.8 Å². The van der Waals surface area contributed by atoms with E-state index in [1.807, 2.05) is 6.92 Å². The van der Waals surface area contributed by atoms with E-state index >= 15 is 0 Å². The van der Waals surface area contributed by atoms with Crippen molar-refractivity contribution in [2.45, 2.75) is 65.5 Å². The lowest BCUT2D eigenvalue weighted by Gasteiger charge is -2.41. The van der Waals surface area contributed by atoms with Crippen molar-refractivity contribution in [1.82, 2.24) is 10.2 Å². The molecule has 1 fully saturated rings. The highest BCUT2D eigenvalue weighted by Crippen LogP contribution is 2.31. The van der Waals surface area contributed by atoms with Gasteiger partial charge in [0.05, 0.1) is 6.07 Å². The Hall–Kier alpha value is -0.590. The second-order valence-electron chi connectivity index (χ2n) is 6.73. The molecule has 3 nitrogen and oxygen atoms in total. The molecule has 104 valence electrons. The topological polar surface area (TPSA) is 39.1 Å². The number of nitrogens with one attached hydrogen (secondary N) is 1. The van der Waals surface area contributed by atoms with Crippen LogP contribution in [0.2, 0.25) is 0 Å². The third-order valence-corrected chi connectivity index (χ3v) is 4.29. The predicted molar refractivity (Wildman–Crippen MR) is 76.4 cm³/mol. The second kappa shape index (κ2) is 6.04. The summed E-state index contributed by atoms with van der Waals surface area (Å²) in [4.78, 5) is 2.54. The van der Waals surface area contributed by atoms with Gasteiger partial charge in [0.25, 0.3) is 0 Å². The molecule has 0 aromatic rings. The standard InChI is InChI=1S/C15H29N3/c1-6-17-15(5,12-16)11-13(2)18-9-7-14(3,4)8-10-18/h13,17H,6-11H2,1-5H3. The summed E-state index contributed by atoms with van der Waals surface area (Å²) in [7, 11) is 0. The van der Waals surface area contributed by atoms with Crippen LogP contribution in [0.3, 0.4) is 0 Å². The van der Waals surface area contributed by atoms with Gasteiger partial charge in [0.1, 0.15) is 5.54 Å². The molecule has 1 heterocycles. The molecule has 1 N–H and O–H groups in total. The third kappa shape index (κ3) is 4.26. The smallest absolute Gasteiger partial charge is 0.105 e. The largest absolute Gasteiger partial charge is 0.301 e. The van der Waals surface area contributed by atoms with Crippen molar-refractivity contribution in [3.8, 4) is 6.07 Å². The van der Waals surface area contributed by atoms with Gasteiger partial charge in [0.2, 0.25) is 0 Å². The van der Waals surface area contributed by atoms with Crippen molar-refractivity contribution in [3.63, 3.8) is 0 Å². The maximum Gasteiger partial charge on any atom is 0.105 e. The molecular weight excluding hydrogens is 222 g/mol. The molecule has 0 bridgehead atoms. The molecule has 0 aliphatic carbocycles. The summed E-state index contributed by atoms with van der Waals surface area (Å²) in [5.41, 5.74) is 0.109. The van der Waals surface area contributed by atoms with Crippen molar-refractivity contribution >= 4 is 0 Å². The Balaban J connectivity index is 2.51. The number of piperidine rings is 1. The summed E-state index contributed by atoms with van der Waals surface area (Å²) in [6, 6.07) is 2.90. The Morgan fingerprint density at radius 1 is 1.39 bits per heavy atom. The highest BCUT2D eigenvalue weighted by Gasteiger charge is 2.31. The van der Waals surface area contributed by atoms with Crippen molar-refractivity contribution in [1.29, 1.82) is 5.26 Å². The van der Waals surface area contributed by atoms with Gasteiger partial charge in [-0.25, -0.2) is 0 Å². The number of nitrogens with zero attached hydrogens (tertiary/aromatic N) is 2. The second-order valence-corrected chi connectivity index (χ2v) is 6.73. The SMILES string of the molecule is CCNC(C)(C#N)CC(C)N1CCC(C)(C)CC1. The Morgan fingerprint density at radius 3 is 2.39 bits per heavy atom. The fourth-order valence-corrected chi connectivity index (χ4v) is 2.84. The number of likely N-dealkylation sites (tertiary alicyclic amines) is 1. The van der Waals surface area contributed by atoms with Crippen LogP contribution in [-0.4, -0.2) is 36.1 Å². The van der Waals surface area contributed by atoms with Crippen molar-refractivity contribution in [3.05, 3.63) is 0 Å². The highest BCUT2D eigenvalue weighted by atomic mass is 15.2. The molecule has 1 aliphatic heterocycles. The zero-order chi connectivity index (χ0) is 13.8. The van der Waals surface area contributed by atoms with Gasteiger partial charge in [-0.3, -0.25) is 5.32 Å². The summed E-state index contributed by atoms with van der Waals surface area (Å²) in [6.45, 7) is 14.2. The van der Waals surface area contributed by atoms with E-state index in [1.165, 1.54) is 25.9 Å². The molecule has 0 amide bonds. The van der Waals surface area contributed by atoms with E-state index in [4.69, 9.17) is 0 Å². The molecular formula is C15H29N3. The fraction of sp³-hybridized carbons (Fsp3) is 0.933. The number of nitriles is 1. The molecule has 0 radical (unpaired) electrons. The lowest BCUT2D eigenvalue weighted by Crippen LogP contribution is -2.49. The maximum absolute atomic E-state index is 9.32. The molecule has 0 saturated carbocycles.